The lowest BCUT2D eigenvalue weighted by molar-refractivity contribution is 0.615. The van der Waals surface area contributed by atoms with Crippen LogP contribution >= 0.6 is 0 Å². The van der Waals surface area contributed by atoms with E-state index in [2.05, 4.69) is 5.32 Å². The summed E-state index contributed by atoms with van der Waals surface area (Å²) >= 11 is 0. The maximum atomic E-state index is 13.6. The van der Waals surface area contributed by atoms with Crippen molar-refractivity contribution in [3.8, 4) is 6.07 Å². The Morgan fingerprint density at radius 1 is 1.10 bits per heavy atom. The molecule has 20 heavy (non-hydrogen) atoms. The lowest BCUT2D eigenvalue weighted by Crippen LogP contribution is -2.03. The number of nitrogens with zero attached hydrogens (tertiary/aromatic N) is 1. The van der Waals surface area contributed by atoms with Crippen LogP contribution < -0.4 is 5.32 Å². The standard InChI is InChI=1S/C16H14F2N2/c1-10-3-4-12(5-14(10)17)9-20-16-7-13(8-19)6-15(18)11(16)2/h3-7,20H,9H2,1-2H3. The van der Waals surface area contributed by atoms with Gasteiger partial charge >= 0.3 is 0 Å². The first kappa shape index (κ1) is 14.0. The van der Waals surface area contributed by atoms with Crippen molar-refractivity contribution in [2.24, 2.45) is 0 Å². The molecule has 0 unspecified atom stereocenters. The second kappa shape index (κ2) is 5.70. The van der Waals surface area contributed by atoms with E-state index in [1.807, 2.05) is 12.1 Å². The molecule has 2 aromatic rings. The molecular weight excluding hydrogens is 258 g/mol. The first-order chi connectivity index (χ1) is 9.51. The molecule has 2 nitrogen and oxygen atoms in total. The highest BCUT2D eigenvalue weighted by molar-refractivity contribution is 5.56. The van der Waals surface area contributed by atoms with E-state index in [4.69, 9.17) is 5.26 Å². The third-order valence-electron chi connectivity index (χ3n) is 3.19. The number of benzene rings is 2. The Morgan fingerprint density at radius 2 is 1.85 bits per heavy atom. The fourth-order valence-corrected chi connectivity index (χ4v) is 1.87. The first-order valence-corrected chi connectivity index (χ1v) is 6.20. The maximum Gasteiger partial charge on any atom is 0.129 e. The van der Waals surface area contributed by atoms with E-state index < -0.39 is 5.82 Å². The number of hydrogen-bond donors (Lipinski definition) is 1. The van der Waals surface area contributed by atoms with Crippen LogP contribution in [-0.4, -0.2) is 0 Å². The van der Waals surface area contributed by atoms with Crippen molar-refractivity contribution >= 4 is 5.69 Å². The molecule has 0 spiro atoms. The van der Waals surface area contributed by atoms with Crippen molar-refractivity contribution in [1.82, 2.24) is 0 Å². The molecule has 102 valence electrons. The van der Waals surface area contributed by atoms with E-state index in [0.717, 1.165) is 5.56 Å². The molecule has 4 heteroatoms. The van der Waals surface area contributed by atoms with Crippen molar-refractivity contribution in [3.63, 3.8) is 0 Å². The van der Waals surface area contributed by atoms with Gasteiger partial charge in [-0.3, -0.25) is 0 Å². The highest BCUT2D eigenvalue weighted by Crippen LogP contribution is 2.21. The molecule has 0 saturated heterocycles. The average Bonchev–Trinajstić information content (AvgIpc) is 2.44. The quantitative estimate of drug-likeness (QED) is 0.914. The summed E-state index contributed by atoms with van der Waals surface area (Å²) in [5, 5.41) is 11.9. The Labute approximate surface area is 116 Å². The van der Waals surface area contributed by atoms with Gasteiger partial charge in [0.2, 0.25) is 0 Å². The van der Waals surface area contributed by atoms with E-state index in [-0.39, 0.29) is 11.4 Å². The van der Waals surface area contributed by atoms with Crippen molar-refractivity contribution in [3.05, 3.63) is 64.2 Å². The maximum absolute atomic E-state index is 13.6. The number of aryl methyl sites for hydroxylation is 1. The summed E-state index contributed by atoms with van der Waals surface area (Å²) in [6, 6.07) is 9.65. The number of nitriles is 1. The van der Waals surface area contributed by atoms with Crippen LogP contribution in [0.5, 0.6) is 0 Å². The highest BCUT2D eigenvalue weighted by atomic mass is 19.1. The summed E-state index contributed by atoms with van der Waals surface area (Å²) < 4.78 is 27.1. The molecule has 1 N–H and O–H groups in total. The monoisotopic (exact) mass is 272 g/mol. The van der Waals surface area contributed by atoms with Crippen molar-refractivity contribution in [2.45, 2.75) is 20.4 Å². The third-order valence-corrected chi connectivity index (χ3v) is 3.19. The number of hydrogen-bond acceptors (Lipinski definition) is 2. The molecule has 2 rings (SSSR count). The van der Waals surface area contributed by atoms with Gasteiger partial charge in [0.15, 0.2) is 0 Å². The van der Waals surface area contributed by atoms with E-state index >= 15 is 0 Å². The largest absolute Gasteiger partial charge is 0.381 e. The Balaban J connectivity index is 2.20. The fourth-order valence-electron chi connectivity index (χ4n) is 1.87. The Kier molecular flexibility index (Phi) is 3.99. The van der Waals surface area contributed by atoms with Gasteiger partial charge in [-0.15, -0.1) is 0 Å². The van der Waals surface area contributed by atoms with Crippen LogP contribution in [0.3, 0.4) is 0 Å². The molecule has 0 amide bonds. The van der Waals surface area contributed by atoms with Crippen molar-refractivity contribution in [1.29, 1.82) is 5.26 Å². The van der Waals surface area contributed by atoms with Gasteiger partial charge in [-0.25, -0.2) is 8.78 Å². The summed E-state index contributed by atoms with van der Waals surface area (Å²) in [6.45, 7) is 3.70. The molecule has 2 aromatic carbocycles. The topological polar surface area (TPSA) is 35.8 Å². The van der Waals surface area contributed by atoms with Crippen LogP contribution in [0.1, 0.15) is 22.3 Å². The Hall–Kier alpha value is -2.41. The number of anilines is 1. The first-order valence-electron chi connectivity index (χ1n) is 6.20. The molecule has 0 aliphatic heterocycles. The predicted octanol–water partition coefficient (Wildman–Crippen LogP) is 4.07. The third kappa shape index (κ3) is 2.94. The lowest BCUT2D eigenvalue weighted by atomic mass is 10.1. The fraction of sp³-hybridized carbons (Fsp3) is 0.188. The van der Waals surface area contributed by atoms with Crippen LogP contribution in [0.2, 0.25) is 0 Å². The smallest absolute Gasteiger partial charge is 0.129 e. The van der Waals surface area contributed by atoms with Crippen LogP contribution in [0.4, 0.5) is 14.5 Å². The molecule has 0 aliphatic carbocycles. The van der Waals surface area contributed by atoms with E-state index in [1.54, 1.807) is 26.0 Å². The zero-order valence-corrected chi connectivity index (χ0v) is 11.3. The summed E-state index contributed by atoms with van der Waals surface area (Å²) in [5.41, 5.74) is 2.59. The van der Waals surface area contributed by atoms with Crippen LogP contribution in [0.25, 0.3) is 0 Å². The normalized spacial score (nSPS) is 10.2. The zero-order valence-electron chi connectivity index (χ0n) is 11.3. The SMILES string of the molecule is Cc1ccc(CNc2cc(C#N)cc(F)c2C)cc1F. The summed E-state index contributed by atoms with van der Waals surface area (Å²) in [4.78, 5) is 0. The van der Waals surface area contributed by atoms with Gasteiger partial charge in [-0.2, -0.15) is 5.26 Å². The molecule has 0 aromatic heterocycles. The molecule has 0 saturated carbocycles. The van der Waals surface area contributed by atoms with Gasteiger partial charge in [0.25, 0.3) is 0 Å². The van der Waals surface area contributed by atoms with E-state index in [0.29, 0.717) is 23.4 Å². The Morgan fingerprint density at radius 3 is 2.50 bits per heavy atom. The van der Waals surface area contributed by atoms with Crippen LogP contribution in [0, 0.1) is 36.8 Å². The van der Waals surface area contributed by atoms with Gasteiger partial charge in [-0.05, 0) is 43.2 Å². The van der Waals surface area contributed by atoms with Crippen LogP contribution in [0.15, 0.2) is 30.3 Å². The Bertz CT molecular complexity index is 688. The molecule has 0 atom stereocenters. The molecule has 0 heterocycles. The van der Waals surface area contributed by atoms with Crippen molar-refractivity contribution < 1.29 is 8.78 Å². The number of nitrogens with one attached hydrogen (secondary N) is 1. The van der Waals surface area contributed by atoms with Crippen LogP contribution in [-0.2, 0) is 6.54 Å². The van der Waals surface area contributed by atoms with Gasteiger partial charge < -0.3 is 5.32 Å². The lowest BCUT2D eigenvalue weighted by Gasteiger charge is -2.11. The average molecular weight is 272 g/mol. The van der Waals surface area contributed by atoms with Gasteiger partial charge in [0.05, 0.1) is 11.6 Å². The molecule has 0 radical (unpaired) electrons. The molecule has 0 fully saturated rings. The highest BCUT2D eigenvalue weighted by Gasteiger charge is 2.07. The minimum atomic E-state index is -0.429. The minimum absolute atomic E-state index is 0.255. The summed E-state index contributed by atoms with van der Waals surface area (Å²) in [5.74, 6) is -0.695. The summed E-state index contributed by atoms with van der Waals surface area (Å²) in [7, 11) is 0. The second-order valence-corrected chi connectivity index (χ2v) is 4.68. The number of rotatable bonds is 3. The number of halogens is 2. The molecular formula is C16H14F2N2. The van der Waals surface area contributed by atoms with E-state index in [9.17, 15) is 8.78 Å². The molecule has 0 aliphatic rings. The van der Waals surface area contributed by atoms with Crippen molar-refractivity contribution in [2.75, 3.05) is 5.32 Å². The predicted molar refractivity (Wildman–Crippen MR) is 74.3 cm³/mol. The van der Waals surface area contributed by atoms with Gasteiger partial charge in [-0.1, -0.05) is 12.1 Å². The van der Waals surface area contributed by atoms with Gasteiger partial charge in [0, 0.05) is 17.8 Å². The zero-order chi connectivity index (χ0) is 14.7. The van der Waals surface area contributed by atoms with E-state index in [1.165, 1.54) is 12.1 Å². The summed E-state index contributed by atoms with van der Waals surface area (Å²) in [6.07, 6.45) is 0. The second-order valence-electron chi connectivity index (χ2n) is 4.68. The molecule has 0 bridgehead atoms. The van der Waals surface area contributed by atoms with Gasteiger partial charge in [0.1, 0.15) is 11.6 Å². The minimum Gasteiger partial charge on any atom is -0.381 e.